The fourth-order valence-corrected chi connectivity index (χ4v) is 5.01. The van der Waals surface area contributed by atoms with E-state index in [9.17, 15) is 4.79 Å². The van der Waals surface area contributed by atoms with Gasteiger partial charge in [-0.05, 0) is 26.3 Å². The molecule has 3 aromatic rings. The average molecular weight is 428 g/mol. The molecule has 3 heterocycles. The summed E-state index contributed by atoms with van der Waals surface area (Å²) in [6, 6.07) is 0. The van der Waals surface area contributed by atoms with Crippen molar-refractivity contribution in [1.29, 1.82) is 0 Å². The number of halogens is 1. The molecule has 0 saturated heterocycles. The summed E-state index contributed by atoms with van der Waals surface area (Å²) in [6.07, 6.45) is 0. The molecule has 0 radical (unpaired) electrons. The Morgan fingerprint density at radius 3 is 2.70 bits per heavy atom. The second-order valence-electron chi connectivity index (χ2n) is 5.75. The summed E-state index contributed by atoms with van der Waals surface area (Å²) in [5.74, 6) is 0.994. The SMILES string of the molecule is COCCOC(=O)c1sc2nc(SCc3c(C)noc3C)nc(Cl)c2c1C. The molecular formula is C17H18ClN3O4S2. The molecule has 0 saturated carbocycles. The maximum Gasteiger partial charge on any atom is 0.348 e. The van der Waals surface area contributed by atoms with Gasteiger partial charge in [-0.3, -0.25) is 0 Å². The molecule has 3 rings (SSSR count). The smallest absolute Gasteiger partial charge is 0.348 e. The zero-order valence-corrected chi connectivity index (χ0v) is 17.7. The maximum atomic E-state index is 12.3. The van der Waals surface area contributed by atoms with E-state index in [2.05, 4.69) is 15.1 Å². The molecule has 0 aliphatic carbocycles. The molecule has 0 fully saturated rings. The van der Waals surface area contributed by atoms with Crippen LogP contribution in [0.3, 0.4) is 0 Å². The van der Waals surface area contributed by atoms with Gasteiger partial charge in [0.1, 0.15) is 27.2 Å². The normalized spacial score (nSPS) is 11.3. The predicted octanol–water partition coefficient (Wildman–Crippen LogP) is 4.35. The fourth-order valence-electron chi connectivity index (χ4n) is 2.46. The number of hydrogen-bond acceptors (Lipinski definition) is 9. The topological polar surface area (TPSA) is 87.3 Å². The van der Waals surface area contributed by atoms with Gasteiger partial charge in [0, 0.05) is 18.4 Å². The van der Waals surface area contributed by atoms with E-state index in [1.807, 2.05) is 20.8 Å². The molecule has 0 bridgehead atoms. The van der Waals surface area contributed by atoms with E-state index in [4.69, 9.17) is 25.6 Å². The highest BCUT2D eigenvalue weighted by Crippen LogP contribution is 2.36. The molecule has 3 aromatic heterocycles. The van der Waals surface area contributed by atoms with Crippen LogP contribution in [0.25, 0.3) is 10.2 Å². The van der Waals surface area contributed by atoms with Gasteiger partial charge in [-0.1, -0.05) is 28.5 Å². The fraction of sp³-hybridized carbons (Fsp3) is 0.412. The highest BCUT2D eigenvalue weighted by Gasteiger charge is 2.21. The van der Waals surface area contributed by atoms with Crippen molar-refractivity contribution in [3.63, 3.8) is 0 Å². The minimum atomic E-state index is -0.409. The number of hydrogen-bond donors (Lipinski definition) is 0. The monoisotopic (exact) mass is 427 g/mol. The first kappa shape index (κ1) is 20.1. The zero-order valence-electron chi connectivity index (χ0n) is 15.3. The number of esters is 1. The molecule has 0 spiro atoms. The van der Waals surface area contributed by atoms with E-state index in [1.165, 1.54) is 23.1 Å². The quantitative estimate of drug-likeness (QED) is 0.181. The molecular weight excluding hydrogens is 410 g/mol. The minimum absolute atomic E-state index is 0.195. The van der Waals surface area contributed by atoms with Gasteiger partial charge in [0.25, 0.3) is 0 Å². The first-order chi connectivity index (χ1) is 12.9. The number of aryl methyl sites for hydroxylation is 3. The van der Waals surface area contributed by atoms with E-state index in [0.717, 1.165) is 22.6 Å². The van der Waals surface area contributed by atoms with Crippen molar-refractivity contribution < 1.29 is 18.8 Å². The van der Waals surface area contributed by atoms with Crippen molar-refractivity contribution in [2.45, 2.75) is 31.7 Å². The van der Waals surface area contributed by atoms with Gasteiger partial charge in [0.2, 0.25) is 0 Å². The van der Waals surface area contributed by atoms with Crippen molar-refractivity contribution >= 4 is 50.9 Å². The van der Waals surface area contributed by atoms with Crippen molar-refractivity contribution in [3.05, 3.63) is 32.6 Å². The molecule has 0 atom stereocenters. The van der Waals surface area contributed by atoms with Crippen LogP contribution in [-0.2, 0) is 15.2 Å². The molecule has 0 aliphatic heterocycles. The zero-order chi connectivity index (χ0) is 19.6. The van der Waals surface area contributed by atoms with Crippen LogP contribution in [0.4, 0.5) is 0 Å². The van der Waals surface area contributed by atoms with Crippen LogP contribution in [0.5, 0.6) is 0 Å². The molecule has 0 N–H and O–H groups in total. The highest BCUT2D eigenvalue weighted by atomic mass is 35.5. The average Bonchev–Trinajstić information content (AvgIpc) is 3.13. The van der Waals surface area contributed by atoms with Crippen LogP contribution in [0.2, 0.25) is 5.15 Å². The standard InChI is InChI=1S/C17H18ClN3O4S2/c1-8-12-14(18)19-17(26-7-11-9(2)21-25-10(11)3)20-15(12)27-13(8)16(22)24-6-5-23-4/h5-7H2,1-4H3. The van der Waals surface area contributed by atoms with Gasteiger partial charge in [-0.15, -0.1) is 11.3 Å². The number of ether oxygens (including phenoxy) is 2. The predicted molar refractivity (Wildman–Crippen MR) is 105 cm³/mol. The summed E-state index contributed by atoms with van der Waals surface area (Å²) in [5.41, 5.74) is 2.59. The van der Waals surface area contributed by atoms with Crippen molar-refractivity contribution in [2.24, 2.45) is 0 Å². The third kappa shape index (κ3) is 4.26. The number of thioether (sulfide) groups is 1. The molecule has 0 aliphatic rings. The summed E-state index contributed by atoms with van der Waals surface area (Å²) in [6.45, 7) is 6.13. The highest BCUT2D eigenvalue weighted by molar-refractivity contribution is 7.98. The Morgan fingerprint density at radius 2 is 2.04 bits per heavy atom. The minimum Gasteiger partial charge on any atom is -0.459 e. The lowest BCUT2D eigenvalue weighted by Gasteiger charge is -2.03. The summed E-state index contributed by atoms with van der Waals surface area (Å²) in [4.78, 5) is 22.3. The lowest BCUT2D eigenvalue weighted by atomic mass is 10.2. The Morgan fingerprint density at radius 1 is 1.26 bits per heavy atom. The van der Waals surface area contributed by atoms with Gasteiger partial charge >= 0.3 is 5.97 Å². The van der Waals surface area contributed by atoms with Crippen LogP contribution >= 0.6 is 34.7 Å². The number of thiophene rings is 1. The van der Waals surface area contributed by atoms with Crippen LogP contribution in [-0.4, -0.2) is 41.4 Å². The lowest BCUT2D eigenvalue weighted by Crippen LogP contribution is -2.09. The number of fused-ring (bicyclic) bond motifs is 1. The van der Waals surface area contributed by atoms with Crippen LogP contribution in [0.1, 0.15) is 32.3 Å². The summed E-state index contributed by atoms with van der Waals surface area (Å²) < 4.78 is 15.3. The van der Waals surface area contributed by atoms with E-state index < -0.39 is 5.97 Å². The number of methoxy groups -OCH3 is 1. The first-order valence-electron chi connectivity index (χ1n) is 8.09. The lowest BCUT2D eigenvalue weighted by molar-refractivity contribution is 0.0393. The summed E-state index contributed by atoms with van der Waals surface area (Å²) in [7, 11) is 1.55. The maximum absolute atomic E-state index is 12.3. The van der Waals surface area contributed by atoms with Gasteiger partial charge < -0.3 is 14.0 Å². The molecule has 0 aromatic carbocycles. The van der Waals surface area contributed by atoms with Gasteiger partial charge in [-0.2, -0.15) is 0 Å². The number of carbonyl (C=O) groups excluding carboxylic acids is 1. The Bertz CT molecular complexity index is 967. The molecule has 10 heteroatoms. The van der Waals surface area contributed by atoms with Crippen LogP contribution in [0.15, 0.2) is 9.68 Å². The van der Waals surface area contributed by atoms with Gasteiger partial charge in [0.15, 0.2) is 5.16 Å². The van der Waals surface area contributed by atoms with E-state index in [0.29, 0.717) is 37.8 Å². The third-order valence-corrected chi connectivity index (χ3v) is 6.27. The molecule has 27 heavy (non-hydrogen) atoms. The largest absolute Gasteiger partial charge is 0.459 e. The second kappa shape index (κ2) is 8.55. The van der Waals surface area contributed by atoms with E-state index in [1.54, 1.807) is 7.11 Å². The number of nitrogens with zero attached hydrogens (tertiary/aromatic N) is 3. The Kier molecular flexibility index (Phi) is 6.36. The van der Waals surface area contributed by atoms with Crippen LogP contribution < -0.4 is 0 Å². The summed E-state index contributed by atoms with van der Waals surface area (Å²) >= 11 is 9.07. The summed E-state index contributed by atoms with van der Waals surface area (Å²) in [5, 5.41) is 5.49. The number of carbonyl (C=O) groups is 1. The third-order valence-electron chi connectivity index (χ3n) is 3.96. The van der Waals surface area contributed by atoms with Gasteiger partial charge in [0.05, 0.1) is 17.7 Å². The van der Waals surface area contributed by atoms with Crippen molar-refractivity contribution in [2.75, 3.05) is 20.3 Å². The van der Waals surface area contributed by atoms with Gasteiger partial charge in [-0.25, -0.2) is 14.8 Å². The number of rotatable bonds is 7. The Labute approximate surface area is 169 Å². The Hall–Kier alpha value is -1.68. The van der Waals surface area contributed by atoms with E-state index in [-0.39, 0.29) is 6.61 Å². The number of aromatic nitrogens is 3. The molecule has 0 amide bonds. The van der Waals surface area contributed by atoms with Crippen molar-refractivity contribution in [3.8, 4) is 0 Å². The van der Waals surface area contributed by atoms with E-state index >= 15 is 0 Å². The van der Waals surface area contributed by atoms with Crippen molar-refractivity contribution in [1.82, 2.24) is 15.1 Å². The Balaban J connectivity index is 1.84. The second-order valence-corrected chi connectivity index (χ2v) is 8.05. The molecule has 144 valence electrons. The van der Waals surface area contributed by atoms with Crippen LogP contribution in [0, 0.1) is 20.8 Å². The molecule has 0 unspecified atom stereocenters. The molecule has 7 nitrogen and oxygen atoms in total. The first-order valence-corrected chi connectivity index (χ1v) is 10.3.